The highest BCUT2D eigenvalue weighted by molar-refractivity contribution is 5.99. The number of para-hydroxylation sites is 1. The van der Waals surface area contributed by atoms with Crippen LogP contribution in [0.3, 0.4) is 0 Å². The summed E-state index contributed by atoms with van der Waals surface area (Å²) in [6.45, 7) is 1.73. The largest absolute Gasteiger partial charge is 0.489 e. The molecule has 3 saturated heterocycles. The van der Waals surface area contributed by atoms with Crippen LogP contribution in [0.5, 0.6) is 11.5 Å². The fourth-order valence-electron chi connectivity index (χ4n) is 11.0. The number of aryl methyl sites for hydroxylation is 1. The van der Waals surface area contributed by atoms with Gasteiger partial charge in [-0.25, -0.2) is 0 Å². The number of benzene rings is 4. The maximum Gasteiger partial charge on any atom is 0.246 e. The summed E-state index contributed by atoms with van der Waals surface area (Å²) in [5.41, 5.74) is 4.78. The molecule has 10 rings (SSSR count). The minimum Gasteiger partial charge on any atom is -0.489 e. The quantitative estimate of drug-likeness (QED) is 0.0675. The Morgan fingerprint density at radius 2 is 1.15 bits per heavy atom. The number of nitrogens with one attached hydrogen (secondary N) is 7. The number of aromatic nitrogens is 3. The highest BCUT2D eigenvalue weighted by atomic mass is 16.5. The first kappa shape index (κ1) is 55.4. The van der Waals surface area contributed by atoms with E-state index in [-0.39, 0.29) is 51.0 Å². The number of rotatable bonds is 16. The predicted molar refractivity (Wildman–Crippen MR) is 304 cm³/mol. The van der Waals surface area contributed by atoms with Gasteiger partial charge in [0.1, 0.15) is 60.5 Å². The molecule has 0 unspecified atom stereocenters. The highest BCUT2D eigenvalue weighted by Gasteiger charge is 2.45. The molecule has 0 spiro atoms. The van der Waals surface area contributed by atoms with Gasteiger partial charge in [0.15, 0.2) is 0 Å². The molecule has 81 heavy (non-hydrogen) atoms. The van der Waals surface area contributed by atoms with Gasteiger partial charge in [-0.3, -0.25) is 38.7 Å². The second-order valence-corrected chi connectivity index (χ2v) is 21.2. The van der Waals surface area contributed by atoms with Gasteiger partial charge in [-0.1, -0.05) is 97.1 Å². The lowest BCUT2D eigenvalue weighted by Gasteiger charge is -2.32. The summed E-state index contributed by atoms with van der Waals surface area (Å²) in [6.07, 6.45) is 9.72. The number of carbonyl (C=O) groups is 6. The smallest absolute Gasteiger partial charge is 0.246 e. The topological polar surface area (TPSA) is 238 Å². The van der Waals surface area contributed by atoms with Crippen molar-refractivity contribution in [3.8, 4) is 11.5 Å². The Hall–Kier alpha value is -8.90. The van der Waals surface area contributed by atoms with Crippen molar-refractivity contribution < 1.29 is 38.2 Å². The van der Waals surface area contributed by atoms with Gasteiger partial charge < -0.3 is 51.3 Å². The molecule has 0 saturated carbocycles. The Morgan fingerprint density at radius 3 is 1.88 bits per heavy atom. The van der Waals surface area contributed by atoms with Crippen LogP contribution in [-0.4, -0.2) is 117 Å². The Morgan fingerprint density at radius 1 is 0.531 bits per heavy atom. The van der Waals surface area contributed by atoms with Gasteiger partial charge in [0.05, 0.1) is 6.54 Å². The van der Waals surface area contributed by atoms with E-state index in [4.69, 9.17) is 9.47 Å². The molecule has 3 fully saturated rings. The van der Waals surface area contributed by atoms with E-state index in [2.05, 4.69) is 46.9 Å². The summed E-state index contributed by atoms with van der Waals surface area (Å²) in [7, 11) is 0. The number of pyridine rings is 2. The maximum atomic E-state index is 15.5. The molecule has 7 aromatic rings. The third-order valence-corrected chi connectivity index (χ3v) is 15.4. The zero-order valence-corrected chi connectivity index (χ0v) is 45.0. The molecular weight excluding hydrogens is 1020 g/mol. The van der Waals surface area contributed by atoms with E-state index in [1.54, 1.807) is 67.4 Å². The summed E-state index contributed by atoms with van der Waals surface area (Å²) >= 11 is 0. The predicted octanol–water partition coefficient (Wildman–Crippen LogP) is 5.07. The van der Waals surface area contributed by atoms with Crippen LogP contribution in [0, 0.1) is 5.92 Å². The van der Waals surface area contributed by atoms with Gasteiger partial charge in [-0.15, -0.1) is 0 Å². The first-order valence-electron chi connectivity index (χ1n) is 27.9. The molecule has 18 heteroatoms. The molecule has 6 heterocycles. The van der Waals surface area contributed by atoms with Crippen LogP contribution < -0.4 is 41.4 Å². The summed E-state index contributed by atoms with van der Waals surface area (Å²) in [4.78, 5) is 105. The number of piperidine rings is 1. The monoisotopic (exact) mass is 1090 g/mol. The zero-order chi connectivity index (χ0) is 55.9. The van der Waals surface area contributed by atoms with Crippen molar-refractivity contribution in [3.05, 3.63) is 192 Å². The molecule has 418 valence electrons. The van der Waals surface area contributed by atoms with Gasteiger partial charge in [0, 0.05) is 67.6 Å². The fraction of sp³-hybridized carbons (Fsp3) is 0.333. The van der Waals surface area contributed by atoms with Crippen LogP contribution >= 0.6 is 0 Å². The van der Waals surface area contributed by atoms with Crippen LogP contribution in [0.1, 0.15) is 59.9 Å². The number of amides is 6. The lowest BCUT2D eigenvalue weighted by Crippen LogP contribution is -2.62. The molecule has 3 aliphatic heterocycles. The lowest BCUT2D eigenvalue weighted by atomic mass is 9.90. The number of nitrogens with zero attached hydrogens (tertiary/aromatic N) is 3. The fourth-order valence-corrected chi connectivity index (χ4v) is 11.0. The molecule has 3 aliphatic rings. The van der Waals surface area contributed by atoms with Gasteiger partial charge in [-0.05, 0) is 115 Å². The zero-order valence-electron chi connectivity index (χ0n) is 45.0. The van der Waals surface area contributed by atoms with Crippen molar-refractivity contribution >= 4 is 46.3 Å². The molecule has 7 N–H and O–H groups in total. The number of hydrogen-bond acceptors (Lipinski definition) is 11. The van der Waals surface area contributed by atoms with Crippen LogP contribution in [-0.2, 0) is 61.1 Å². The third-order valence-electron chi connectivity index (χ3n) is 15.4. The highest BCUT2D eigenvalue weighted by Crippen LogP contribution is 2.27. The summed E-state index contributed by atoms with van der Waals surface area (Å²) in [5, 5.41) is 19.4. The van der Waals surface area contributed by atoms with E-state index in [9.17, 15) is 0 Å². The number of H-pyrrole nitrogens is 1. The van der Waals surface area contributed by atoms with E-state index in [0.717, 1.165) is 53.5 Å². The average Bonchev–Trinajstić information content (AvgIpc) is 4.13. The van der Waals surface area contributed by atoms with Gasteiger partial charge in [0.2, 0.25) is 35.4 Å². The van der Waals surface area contributed by atoms with E-state index in [1.807, 2.05) is 97.1 Å². The molecule has 0 radical (unpaired) electrons. The third kappa shape index (κ3) is 14.9. The number of hydrogen-bond donors (Lipinski definition) is 7. The first-order chi connectivity index (χ1) is 39.6. The molecule has 0 bridgehead atoms. The first-order valence-corrected chi connectivity index (χ1v) is 27.9. The van der Waals surface area contributed by atoms with Gasteiger partial charge >= 0.3 is 0 Å². The van der Waals surface area contributed by atoms with Gasteiger partial charge in [0.25, 0.3) is 0 Å². The maximum absolute atomic E-state index is 15.5. The minimum atomic E-state index is -1.28. The van der Waals surface area contributed by atoms with Crippen molar-refractivity contribution in [1.29, 1.82) is 0 Å². The molecule has 6 amide bonds. The Labute approximate surface area is 470 Å². The molecule has 18 nitrogen and oxygen atoms in total. The molecule has 0 aliphatic carbocycles. The standard InChI is InChI=1S/C63H68N10O8/c74-58-52(22-19-41-10-3-1-4-11-41)68-62(78)57-36-49(81-48-25-30-65-31-26-48)39-73(57)63(79)56(34-45-14-9-27-66-37-45)72-60(76)53(32-42-17-20-47(21-18-42)80-40-44-12-5-2-6-13-44)69-59(75)54(33-43-23-28-64-29-24-43)70-61(77)55(71-58)35-46-38-67-51-16-8-7-15-50(46)51/h1-18,20-21,25-27,30-31,37-38,43,49,52-57,64,67H,19,22-24,28-29,32-36,39-40H2,(H,68,78)(H,69,75)(H,70,77)(H,71,74)(H,72,76)/t49-,52-,53+,54+,55+,56+,57+/m1/s1. The molecule has 7 atom stereocenters. The normalized spacial score (nSPS) is 22.5. The van der Waals surface area contributed by atoms with Crippen LogP contribution in [0.15, 0.2) is 164 Å². The van der Waals surface area contributed by atoms with Crippen molar-refractivity contribution in [2.24, 2.45) is 5.92 Å². The molecular formula is C63H68N10O8. The second kappa shape index (κ2) is 26.8. The van der Waals surface area contributed by atoms with Crippen LogP contribution in [0.25, 0.3) is 10.9 Å². The number of ether oxygens (including phenoxy) is 2. The Kier molecular flexibility index (Phi) is 18.4. The number of carbonyl (C=O) groups excluding carboxylic acids is 6. The average molecular weight is 1090 g/mol. The number of fused-ring (bicyclic) bond motifs is 2. The van der Waals surface area contributed by atoms with E-state index in [1.165, 1.54) is 4.90 Å². The van der Waals surface area contributed by atoms with Crippen LogP contribution in [0.4, 0.5) is 0 Å². The summed E-state index contributed by atoms with van der Waals surface area (Å²) in [6, 6.07) is 33.7. The van der Waals surface area contributed by atoms with Crippen molar-refractivity contribution in [3.63, 3.8) is 0 Å². The Bertz CT molecular complexity index is 3240. The van der Waals surface area contributed by atoms with Crippen molar-refractivity contribution in [2.45, 2.75) is 107 Å². The van der Waals surface area contributed by atoms with Crippen LogP contribution in [0.2, 0.25) is 0 Å². The Balaban J connectivity index is 1.03. The molecule has 4 aromatic carbocycles. The van der Waals surface area contributed by atoms with Crippen molar-refractivity contribution in [1.82, 2.24) is 51.8 Å². The number of aromatic amines is 1. The van der Waals surface area contributed by atoms with E-state index in [0.29, 0.717) is 35.7 Å². The minimum absolute atomic E-state index is 0.0153. The summed E-state index contributed by atoms with van der Waals surface area (Å²) in [5.74, 6) is -2.63. The van der Waals surface area contributed by atoms with Crippen molar-refractivity contribution in [2.75, 3.05) is 19.6 Å². The summed E-state index contributed by atoms with van der Waals surface area (Å²) < 4.78 is 12.5. The second-order valence-electron chi connectivity index (χ2n) is 21.2. The van der Waals surface area contributed by atoms with E-state index < -0.39 is 77.8 Å². The van der Waals surface area contributed by atoms with Gasteiger partial charge in [-0.2, -0.15) is 0 Å². The lowest BCUT2D eigenvalue weighted by molar-refractivity contribution is -0.143. The molecule has 3 aromatic heterocycles. The SMILES string of the molecule is O=C1N[C@@H](Cc2ccc(OCc3ccccc3)cc2)C(=O)N[C@@H](Cc2cccnc2)C(=O)N2C[C@H](Oc3ccncc3)C[C@H]2C(=O)N[C@H](CCc2ccccc2)C(=O)N[C@@H](Cc2c[nH]c3ccccc23)C(=O)N[C@H]1CC1CCNCC1. The van der Waals surface area contributed by atoms with E-state index >= 15 is 28.8 Å².